The second kappa shape index (κ2) is 10.6. The van der Waals surface area contributed by atoms with Crippen LogP contribution in [-0.4, -0.2) is 56.4 Å². The highest BCUT2D eigenvalue weighted by atomic mass is 32.2. The van der Waals surface area contributed by atoms with E-state index in [-0.39, 0.29) is 9.92 Å². The first kappa shape index (κ1) is 25.2. The first-order valence-corrected chi connectivity index (χ1v) is 14.5. The maximum Gasteiger partial charge on any atom is 0.226 e. The molecule has 1 saturated heterocycles. The van der Waals surface area contributed by atoms with Crippen LogP contribution in [0.25, 0.3) is 16.6 Å². The van der Waals surface area contributed by atoms with E-state index in [2.05, 4.69) is 39.2 Å². The van der Waals surface area contributed by atoms with E-state index in [1.807, 2.05) is 48.5 Å². The number of ether oxygens (including phenoxy) is 1. The number of rotatable bonds is 7. The second-order valence-electron chi connectivity index (χ2n) is 9.66. The van der Waals surface area contributed by atoms with Crippen LogP contribution in [0.3, 0.4) is 0 Å². The van der Waals surface area contributed by atoms with Gasteiger partial charge in [-0.05, 0) is 35.9 Å². The van der Waals surface area contributed by atoms with Gasteiger partial charge in [-0.25, -0.2) is 13.1 Å². The quantitative estimate of drug-likeness (QED) is 0.284. The molecule has 198 valence electrons. The van der Waals surface area contributed by atoms with Gasteiger partial charge >= 0.3 is 0 Å². The van der Waals surface area contributed by atoms with Crippen molar-refractivity contribution in [3.8, 4) is 11.4 Å². The summed E-state index contributed by atoms with van der Waals surface area (Å²) in [6.07, 6.45) is 0. The largest absolute Gasteiger partial charge is 0.495 e. The van der Waals surface area contributed by atoms with E-state index in [1.54, 1.807) is 42.1 Å². The molecule has 4 aromatic carbocycles. The van der Waals surface area contributed by atoms with Crippen LogP contribution in [0.1, 0.15) is 5.56 Å². The molecule has 7 nitrogen and oxygen atoms in total. The molecule has 0 amide bonds. The molecule has 0 radical (unpaired) electrons. The van der Waals surface area contributed by atoms with Crippen LogP contribution in [0.4, 0.5) is 5.69 Å². The molecule has 0 unspecified atom stereocenters. The Morgan fingerprint density at radius 2 is 1.41 bits per heavy atom. The Morgan fingerprint density at radius 3 is 2.05 bits per heavy atom. The highest BCUT2D eigenvalue weighted by Crippen LogP contribution is 2.38. The lowest BCUT2D eigenvalue weighted by Gasteiger charge is -2.36. The van der Waals surface area contributed by atoms with Gasteiger partial charge < -0.3 is 9.64 Å². The molecule has 0 spiro atoms. The van der Waals surface area contributed by atoms with Crippen molar-refractivity contribution < 1.29 is 13.2 Å². The van der Waals surface area contributed by atoms with Crippen LogP contribution in [0.5, 0.6) is 5.75 Å². The highest BCUT2D eigenvalue weighted by Gasteiger charge is 2.29. The number of hydrogen-bond donors (Lipinski definition) is 0. The SMILES string of the molecule is COc1cc2c(cc1N1CCN(Cc3ccccc3)CC1)c(S(=O)(=O)c1ccccc1)nn2-c1ccccc1. The Morgan fingerprint density at radius 1 is 0.795 bits per heavy atom. The molecule has 0 N–H and O–H groups in total. The van der Waals surface area contributed by atoms with Gasteiger partial charge in [-0.15, -0.1) is 0 Å². The zero-order valence-corrected chi connectivity index (χ0v) is 22.6. The van der Waals surface area contributed by atoms with E-state index < -0.39 is 9.84 Å². The minimum absolute atomic E-state index is 0.0409. The van der Waals surface area contributed by atoms with Gasteiger partial charge in [-0.3, -0.25) is 4.90 Å². The fourth-order valence-corrected chi connectivity index (χ4v) is 6.56. The Bertz CT molecular complexity index is 1680. The molecule has 1 aromatic heterocycles. The lowest BCUT2D eigenvalue weighted by Crippen LogP contribution is -2.46. The van der Waals surface area contributed by atoms with Crippen LogP contribution in [-0.2, 0) is 16.4 Å². The molecule has 5 aromatic rings. The molecule has 0 aliphatic carbocycles. The van der Waals surface area contributed by atoms with Gasteiger partial charge in [0.2, 0.25) is 9.84 Å². The Balaban J connectivity index is 1.41. The third-order valence-electron chi connectivity index (χ3n) is 7.22. The lowest BCUT2D eigenvalue weighted by atomic mass is 10.1. The van der Waals surface area contributed by atoms with Gasteiger partial charge in [0, 0.05) is 44.2 Å². The monoisotopic (exact) mass is 538 g/mol. The summed E-state index contributed by atoms with van der Waals surface area (Å²) < 4.78 is 35.2. The molecular formula is C31H30N4O3S. The Labute approximate surface area is 228 Å². The van der Waals surface area contributed by atoms with Crippen molar-refractivity contribution in [3.05, 3.63) is 109 Å². The lowest BCUT2D eigenvalue weighted by molar-refractivity contribution is 0.249. The molecule has 8 heteroatoms. The number of aromatic nitrogens is 2. The van der Waals surface area contributed by atoms with Gasteiger partial charge in [0.1, 0.15) is 5.75 Å². The van der Waals surface area contributed by atoms with Crippen LogP contribution in [0, 0.1) is 0 Å². The maximum absolute atomic E-state index is 13.8. The topological polar surface area (TPSA) is 67.7 Å². The Kier molecular flexibility index (Phi) is 6.81. The van der Waals surface area contributed by atoms with Crippen molar-refractivity contribution in [2.75, 3.05) is 38.2 Å². The number of benzene rings is 4. The number of para-hydroxylation sites is 1. The predicted octanol–water partition coefficient (Wildman–Crippen LogP) is 5.19. The molecule has 39 heavy (non-hydrogen) atoms. The third-order valence-corrected chi connectivity index (χ3v) is 8.92. The Hall–Kier alpha value is -4.14. The summed E-state index contributed by atoms with van der Waals surface area (Å²) in [5.41, 5.74) is 3.64. The number of nitrogens with zero attached hydrogens (tertiary/aromatic N) is 4. The van der Waals surface area contributed by atoms with E-state index in [0.717, 1.165) is 44.1 Å². The summed E-state index contributed by atoms with van der Waals surface area (Å²) in [5.74, 6) is 0.694. The summed E-state index contributed by atoms with van der Waals surface area (Å²) >= 11 is 0. The number of piperazine rings is 1. The van der Waals surface area contributed by atoms with Gasteiger partial charge in [0.15, 0.2) is 5.03 Å². The average Bonchev–Trinajstić information content (AvgIpc) is 3.38. The number of hydrogen-bond acceptors (Lipinski definition) is 6. The molecule has 1 aliphatic heterocycles. The minimum Gasteiger partial charge on any atom is -0.495 e. The molecule has 0 bridgehead atoms. The van der Waals surface area contributed by atoms with Gasteiger partial charge in [-0.1, -0.05) is 66.7 Å². The zero-order chi connectivity index (χ0) is 26.8. The van der Waals surface area contributed by atoms with Crippen LogP contribution in [0.15, 0.2) is 113 Å². The number of sulfone groups is 1. The molecule has 6 rings (SSSR count). The molecular weight excluding hydrogens is 508 g/mol. The van der Waals surface area contributed by atoms with Crippen molar-refractivity contribution >= 4 is 26.4 Å². The fourth-order valence-electron chi connectivity index (χ4n) is 5.18. The van der Waals surface area contributed by atoms with Gasteiger partial charge in [0.25, 0.3) is 0 Å². The van der Waals surface area contributed by atoms with Crippen molar-refractivity contribution in [3.63, 3.8) is 0 Å². The van der Waals surface area contributed by atoms with Crippen molar-refractivity contribution in [2.45, 2.75) is 16.5 Å². The van der Waals surface area contributed by atoms with E-state index in [4.69, 9.17) is 4.74 Å². The standard InChI is InChI=1S/C31H30N4O3S/c1-38-30-22-28-27(21-29(30)34-19-17-33(18-20-34)23-24-11-5-2-6-12-24)31(32-35(28)25-13-7-3-8-14-25)39(36,37)26-15-9-4-10-16-26/h2-16,21-22H,17-20,23H2,1H3. The second-order valence-corrected chi connectivity index (χ2v) is 11.5. The summed E-state index contributed by atoms with van der Waals surface area (Å²) in [7, 11) is -2.21. The van der Waals surface area contributed by atoms with E-state index in [1.165, 1.54) is 5.56 Å². The smallest absolute Gasteiger partial charge is 0.226 e. The predicted molar refractivity (Wildman–Crippen MR) is 153 cm³/mol. The third kappa shape index (κ3) is 4.89. The first-order chi connectivity index (χ1) is 19.0. The van der Waals surface area contributed by atoms with E-state index >= 15 is 0 Å². The summed E-state index contributed by atoms with van der Waals surface area (Å²) in [4.78, 5) is 4.94. The number of anilines is 1. The molecule has 0 saturated carbocycles. The summed E-state index contributed by atoms with van der Waals surface area (Å²) in [6, 6.07) is 32.4. The maximum atomic E-state index is 13.8. The number of fused-ring (bicyclic) bond motifs is 1. The molecule has 2 heterocycles. The average molecular weight is 539 g/mol. The van der Waals surface area contributed by atoms with Gasteiger partial charge in [0.05, 0.1) is 28.9 Å². The van der Waals surface area contributed by atoms with Crippen LogP contribution in [0.2, 0.25) is 0 Å². The minimum atomic E-state index is -3.86. The molecule has 0 atom stereocenters. The highest BCUT2D eigenvalue weighted by molar-refractivity contribution is 7.91. The van der Waals surface area contributed by atoms with Crippen molar-refractivity contribution in [1.82, 2.24) is 14.7 Å². The fraction of sp³-hybridized carbons (Fsp3) is 0.194. The van der Waals surface area contributed by atoms with Crippen LogP contribution >= 0.6 is 0 Å². The van der Waals surface area contributed by atoms with E-state index in [0.29, 0.717) is 16.7 Å². The normalized spacial score (nSPS) is 14.5. The van der Waals surface area contributed by atoms with E-state index in [9.17, 15) is 8.42 Å². The summed E-state index contributed by atoms with van der Waals surface area (Å²) in [5, 5.41) is 5.29. The molecule has 1 aliphatic rings. The van der Waals surface area contributed by atoms with Gasteiger partial charge in [-0.2, -0.15) is 5.10 Å². The summed E-state index contributed by atoms with van der Waals surface area (Å²) in [6.45, 7) is 4.32. The molecule has 1 fully saturated rings. The van der Waals surface area contributed by atoms with Crippen LogP contribution < -0.4 is 9.64 Å². The number of methoxy groups -OCH3 is 1. The zero-order valence-electron chi connectivity index (χ0n) is 21.8. The van der Waals surface area contributed by atoms with Crippen molar-refractivity contribution in [2.24, 2.45) is 0 Å². The van der Waals surface area contributed by atoms with Crippen molar-refractivity contribution in [1.29, 1.82) is 0 Å². The first-order valence-electron chi connectivity index (χ1n) is 13.0.